The molecule has 0 unspecified atom stereocenters. The van der Waals surface area contributed by atoms with E-state index in [9.17, 15) is 14.0 Å². The number of thioether (sulfide) groups is 1. The summed E-state index contributed by atoms with van der Waals surface area (Å²) in [6.45, 7) is 4.22. The number of hydrogen-bond acceptors (Lipinski definition) is 7. The summed E-state index contributed by atoms with van der Waals surface area (Å²) in [4.78, 5) is 36.4. The molecular weight excluding hydrogens is 455 g/mol. The summed E-state index contributed by atoms with van der Waals surface area (Å²) in [5, 5.41) is 6.22. The van der Waals surface area contributed by atoms with Crippen LogP contribution in [0.2, 0.25) is 0 Å². The number of carbonyl (C=O) groups excluding carboxylic acids is 2. The lowest BCUT2D eigenvalue weighted by atomic mass is 10.2. The van der Waals surface area contributed by atoms with E-state index in [2.05, 4.69) is 25.5 Å². The molecule has 0 atom stereocenters. The molecule has 34 heavy (non-hydrogen) atoms. The summed E-state index contributed by atoms with van der Waals surface area (Å²) in [5.74, 6) is 0.406. The normalized spacial score (nSPS) is 13.5. The van der Waals surface area contributed by atoms with Crippen molar-refractivity contribution in [1.82, 2.24) is 9.97 Å². The third-order valence-electron chi connectivity index (χ3n) is 5.24. The maximum atomic E-state index is 14.1. The van der Waals surface area contributed by atoms with Crippen LogP contribution < -0.4 is 20.4 Å². The van der Waals surface area contributed by atoms with Gasteiger partial charge in [-0.1, -0.05) is 30.0 Å². The van der Waals surface area contributed by atoms with E-state index >= 15 is 0 Å². The van der Waals surface area contributed by atoms with Crippen LogP contribution in [0, 0.1) is 5.82 Å². The minimum atomic E-state index is -0.211. The summed E-state index contributed by atoms with van der Waals surface area (Å²) in [7, 11) is 0. The molecule has 2 aromatic carbocycles. The highest BCUT2D eigenvalue weighted by Crippen LogP contribution is 2.24. The van der Waals surface area contributed by atoms with E-state index in [4.69, 9.17) is 0 Å². The number of amides is 2. The molecular formula is C24H25FN6O2S. The predicted octanol–water partition coefficient (Wildman–Crippen LogP) is 3.63. The fourth-order valence-electron chi connectivity index (χ4n) is 3.68. The van der Waals surface area contributed by atoms with Crippen LogP contribution in [0.5, 0.6) is 0 Å². The number of nitrogens with zero attached hydrogens (tertiary/aromatic N) is 4. The van der Waals surface area contributed by atoms with Crippen molar-refractivity contribution < 1.29 is 14.0 Å². The Balaban J connectivity index is 1.30. The molecule has 0 spiro atoms. The second-order valence-corrected chi connectivity index (χ2v) is 8.73. The highest BCUT2D eigenvalue weighted by Gasteiger charge is 2.20. The number of para-hydroxylation sites is 1. The number of piperazine rings is 1. The van der Waals surface area contributed by atoms with Gasteiger partial charge >= 0.3 is 0 Å². The van der Waals surface area contributed by atoms with E-state index in [1.54, 1.807) is 36.4 Å². The smallest absolute Gasteiger partial charge is 0.234 e. The van der Waals surface area contributed by atoms with Gasteiger partial charge in [0.25, 0.3) is 0 Å². The van der Waals surface area contributed by atoms with E-state index in [1.165, 1.54) is 31.1 Å². The van der Waals surface area contributed by atoms with E-state index in [0.29, 0.717) is 48.3 Å². The van der Waals surface area contributed by atoms with Crippen molar-refractivity contribution >= 4 is 46.5 Å². The van der Waals surface area contributed by atoms with Crippen LogP contribution in [0.3, 0.4) is 0 Å². The van der Waals surface area contributed by atoms with Crippen molar-refractivity contribution in [1.29, 1.82) is 0 Å². The minimum Gasteiger partial charge on any atom is -0.366 e. The van der Waals surface area contributed by atoms with Crippen LogP contribution in [0.15, 0.2) is 66.0 Å². The van der Waals surface area contributed by atoms with Gasteiger partial charge in [-0.3, -0.25) is 9.59 Å². The van der Waals surface area contributed by atoms with Gasteiger partial charge in [0, 0.05) is 50.5 Å². The first-order valence-electron chi connectivity index (χ1n) is 10.8. The molecule has 1 aliphatic heterocycles. The van der Waals surface area contributed by atoms with Crippen molar-refractivity contribution in [3.8, 4) is 0 Å². The Bertz CT molecular complexity index is 1170. The van der Waals surface area contributed by atoms with Gasteiger partial charge < -0.3 is 20.4 Å². The Morgan fingerprint density at radius 1 is 0.941 bits per heavy atom. The molecule has 1 fully saturated rings. The number of benzene rings is 2. The van der Waals surface area contributed by atoms with Gasteiger partial charge in [-0.25, -0.2) is 14.4 Å². The largest absolute Gasteiger partial charge is 0.366 e. The Morgan fingerprint density at radius 3 is 2.38 bits per heavy atom. The van der Waals surface area contributed by atoms with Crippen molar-refractivity contribution in [3.63, 3.8) is 0 Å². The number of halogens is 1. The fraction of sp³-hybridized carbons (Fsp3) is 0.250. The first-order valence-corrected chi connectivity index (χ1v) is 11.8. The number of anilines is 4. The molecule has 2 heterocycles. The lowest BCUT2D eigenvalue weighted by Gasteiger charge is -2.36. The Morgan fingerprint density at radius 2 is 1.65 bits per heavy atom. The molecule has 0 radical (unpaired) electrons. The molecule has 0 bridgehead atoms. The predicted molar refractivity (Wildman–Crippen MR) is 133 cm³/mol. The molecule has 2 N–H and O–H groups in total. The molecule has 1 aromatic heterocycles. The van der Waals surface area contributed by atoms with E-state index in [0.717, 1.165) is 5.82 Å². The van der Waals surface area contributed by atoms with Gasteiger partial charge in [-0.2, -0.15) is 0 Å². The van der Waals surface area contributed by atoms with Gasteiger partial charge in [0.1, 0.15) is 23.0 Å². The number of hydrogen-bond donors (Lipinski definition) is 2. The Kier molecular flexibility index (Phi) is 7.58. The molecule has 1 saturated heterocycles. The standard InChI is InChI=1S/C24H25FN6O2S/c1-17(32)28-18-5-4-6-19(13-18)29-23(33)15-34-24-14-22(26-16-27-24)31-11-9-30(10-12-31)21-8-3-2-7-20(21)25/h2-8,13-14,16H,9-12,15H2,1H3,(H,28,32)(H,29,33). The van der Waals surface area contributed by atoms with E-state index in [-0.39, 0.29) is 23.4 Å². The van der Waals surface area contributed by atoms with E-state index in [1.807, 2.05) is 17.0 Å². The molecule has 2 amide bonds. The third-order valence-corrected chi connectivity index (χ3v) is 6.17. The summed E-state index contributed by atoms with van der Waals surface area (Å²) in [6.07, 6.45) is 1.50. The van der Waals surface area contributed by atoms with Crippen molar-refractivity contribution in [3.05, 3.63) is 66.7 Å². The molecule has 0 aliphatic carbocycles. The zero-order valence-electron chi connectivity index (χ0n) is 18.7. The quantitative estimate of drug-likeness (QED) is 0.394. The van der Waals surface area contributed by atoms with Crippen molar-refractivity contribution in [2.45, 2.75) is 11.9 Å². The first kappa shape index (κ1) is 23.5. The number of aromatic nitrogens is 2. The lowest BCUT2D eigenvalue weighted by molar-refractivity contribution is -0.114. The zero-order valence-corrected chi connectivity index (χ0v) is 19.5. The molecule has 3 aromatic rings. The average molecular weight is 481 g/mol. The summed E-state index contributed by atoms with van der Waals surface area (Å²) >= 11 is 1.32. The van der Waals surface area contributed by atoms with Crippen LogP contribution in [0.1, 0.15) is 6.92 Å². The van der Waals surface area contributed by atoms with E-state index < -0.39 is 0 Å². The lowest BCUT2D eigenvalue weighted by Crippen LogP contribution is -2.47. The topological polar surface area (TPSA) is 90.5 Å². The van der Waals surface area contributed by atoms with Crippen molar-refractivity contribution in [2.75, 3.05) is 52.4 Å². The highest BCUT2D eigenvalue weighted by atomic mass is 32.2. The summed E-state index contributed by atoms with van der Waals surface area (Å²) in [5.41, 5.74) is 1.84. The second kappa shape index (κ2) is 11.0. The molecule has 8 nitrogen and oxygen atoms in total. The third kappa shape index (κ3) is 6.22. The maximum Gasteiger partial charge on any atom is 0.234 e. The molecule has 176 valence electrons. The Hall–Kier alpha value is -3.66. The van der Waals surface area contributed by atoms with Crippen LogP contribution in [-0.2, 0) is 9.59 Å². The summed E-state index contributed by atoms with van der Waals surface area (Å²) in [6, 6.07) is 15.7. The van der Waals surface area contributed by atoms with Crippen molar-refractivity contribution in [2.24, 2.45) is 0 Å². The fourth-order valence-corrected chi connectivity index (χ4v) is 4.34. The van der Waals surface area contributed by atoms with Gasteiger partial charge in [0.15, 0.2) is 0 Å². The van der Waals surface area contributed by atoms with Crippen LogP contribution in [0.25, 0.3) is 0 Å². The minimum absolute atomic E-state index is 0.174. The van der Waals surface area contributed by atoms with Gasteiger partial charge in [0.2, 0.25) is 11.8 Å². The number of nitrogens with one attached hydrogen (secondary N) is 2. The van der Waals surface area contributed by atoms with Gasteiger partial charge in [-0.15, -0.1) is 0 Å². The van der Waals surface area contributed by atoms with Gasteiger partial charge in [-0.05, 0) is 30.3 Å². The number of rotatable bonds is 7. The van der Waals surface area contributed by atoms with Crippen LogP contribution in [-0.4, -0.2) is 53.7 Å². The second-order valence-electron chi connectivity index (χ2n) is 7.74. The van der Waals surface area contributed by atoms with Gasteiger partial charge in [0.05, 0.1) is 11.4 Å². The first-order chi connectivity index (χ1) is 16.5. The summed E-state index contributed by atoms with van der Waals surface area (Å²) < 4.78 is 14.1. The highest BCUT2D eigenvalue weighted by molar-refractivity contribution is 7.99. The SMILES string of the molecule is CC(=O)Nc1cccc(NC(=O)CSc2cc(N3CCN(c4ccccc4F)CC3)ncn2)c1. The number of carbonyl (C=O) groups is 2. The average Bonchev–Trinajstić information content (AvgIpc) is 2.83. The molecule has 1 aliphatic rings. The molecule has 10 heteroatoms. The maximum absolute atomic E-state index is 14.1. The Labute approximate surface area is 201 Å². The van der Waals surface area contributed by atoms with Crippen LogP contribution in [0.4, 0.5) is 27.3 Å². The molecule has 4 rings (SSSR count). The zero-order chi connectivity index (χ0) is 23.9. The van der Waals surface area contributed by atoms with Crippen LogP contribution >= 0.6 is 11.8 Å². The monoisotopic (exact) mass is 480 g/mol. The molecule has 0 saturated carbocycles.